The van der Waals surface area contributed by atoms with Crippen LogP contribution < -0.4 is 0 Å². The average molecular weight is 214 g/mol. The van der Waals surface area contributed by atoms with E-state index in [1.165, 1.54) is 16.7 Å². The summed E-state index contributed by atoms with van der Waals surface area (Å²) >= 11 is 0. The SMILES string of the molecule is O=Cc1cnc2ccc3cccc(F)c3n12. The first kappa shape index (κ1) is 9.03. The van der Waals surface area contributed by atoms with Gasteiger partial charge in [-0.25, -0.2) is 9.37 Å². The van der Waals surface area contributed by atoms with E-state index < -0.39 is 0 Å². The van der Waals surface area contributed by atoms with Crippen LogP contribution in [0.15, 0.2) is 36.5 Å². The summed E-state index contributed by atoms with van der Waals surface area (Å²) in [6.45, 7) is 0. The Morgan fingerprint density at radius 3 is 2.94 bits per heavy atom. The summed E-state index contributed by atoms with van der Waals surface area (Å²) in [6, 6.07) is 8.36. The van der Waals surface area contributed by atoms with Crippen LogP contribution in [-0.2, 0) is 0 Å². The van der Waals surface area contributed by atoms with E-state index in [2.05, 4.69) is 4.98 Å². The molecule has 3 aromatic rings. The minimum atomic E-state index is -0.357. The molecular weight excluding hydrogens is 207 g/mol. The summed E-state index contributed by atoms with van der Waals surface area (Å²) in [4.78, 5) is 14.9. The van der Waals surface area contributed by atoms with E-state index in [1.807, 2.05) is 0 Å². The van der Waals surface area contributed by atoms with Crippen molar-refractivity contribution >= 4 is 22.8 Å². The predicted molar refractivity (Wildman–Crippen MR) is 58.0 cm³/mol. The Labute approximate surface area is 90.1 Å². The van der Waals surface area contributed by atoms with Gasteiger partial charge in [-0.3, -0.25) is 9.20 Å². The van der Waals surface area contributed by atoms with Gasteiger partial charge in [-0.05, 0) is 18.2 Å². The van der Waals surface area contributed by atoms with Crippen molar-refractivity contribution in [3.8, 4) is 0 Å². The fourth-order valence-corrected chi connectivity index (χ4v) is 1.89. The topological polar surface area (TPSA) is 34.4 Å². The molecule has 2 heterocycles. The Hall–Kier alpha value is -2.23. The van der Waals surface area contributed by atoms with Crippen LogP contribution in [0.1, 0.15) is 10.5 Å². The highest BCUT2D eigenvalue weighted by atomic mass is 19.1. The lowest BCUT2D eigenvalue weighted by atomic mass is 10.2. The van der Waals surface area contributed by atoms with E-state index in [4.69, 9.17) is 0 Å². The molecule has 16 heavy (non-hydrogen) atoms. The van der Waals surface area contributed by atoms with Crippen LogP contribution in [0.25, 0.3) is 16.6 Å². The summed E-state index contributed by atoms with van der Waals surface area (Å²) in [5.74, 6) is -0.357. The number of fused-ring (bicyclic) bond motifs is 3. The number of carbonyl (C=O) groups is 1. The molecule has 78 valence electrons. The van der Waals surface area contributed by atoms with Gasteiger partial charge in [-0.1, -0.05) is 12.1 Å². The van der Waals surface area contributed by atoms with Crippen LogP contribution in [-0.4, -0.2) is 15.7 Å². The molecule has 0 atom stereocenters. The van der Waals surface area contributed by atoms with Crippen LogP contribution in [0.3, 0.4) is 0 Å². The van der Waals surface area contributed by atoms with Crippen LogP contribution in [0, 0.1) is 5.82 Å². The molecule has 0 saturated carbocycles. The van der Waals surface area contributed by atoms with Crippen molar-refractivity contribution in [1.82, 2.24) is 9.38 Å². The fraction of sp³-hybridized carbons (Fsp3) is 0. The van der Waals surface area contributed by atoms with Gasteiger partial charge >= 0.3 is 0 Å². The summed E-state index contributed by atoms with van der Waals surface area (Å²) < 4.78 is 15.3. The molecule has 3 rings (SSSR count). The van der Waals surface area contributed by atoms with Crippen molar-refractivity contribution in [2.24, 2.45) is 0 Å². The second-order valence-corrected chi connectivity index (χ2v) is 3.51. The minimum Gasteiger partial charge on any atom is -0.296 e. The second kappa shape index (κ2) is 3.13. The molecule has 0 amide bonds. The third-order valence-corrected chi connectivity index (χ3v) is 2.59. The highest BCUT2D eigenvalue weighted by Crippen LogP contribution is 2.20. The molecule has 0 radical (unpaired) electrons. The molecule has 0 N–H and O–H groups in total. The van der Waals surface area contributed by atoms with Crippen molar-refractivity contribution < 1.29 is 9.18 Å². The molecule has 0 spiro atoms. The Balaban J connectivity index is 2.65. The number of aldehydes is 1. The summed E-state index contributed by atoms with van der Waals surface area (Å²) in [7, 11) is 0. The number of nitrogens with zero attached hydrogens (tertiary/aromatic N) is 2. The van der Waals surface area contributed by atoms with Crippen LogP contribution in [0.5, 0.6) is 0 Å². The molecule has 0 unspecified atom stereocenters. The fourth-order valence-electron chi connectivity index (χ4n) is 1.89. The first-order valence-corrected chi connectivity index (χ1v) is 4.81. The first-order valence-electron chi connectivity index (χ1n) is 4.81. The minimum absolute atomic E-state index is 0.353. The molecule has 0 aliphatic carbocycles. The monoisotopic (exact) mass is 214 g/mol. The number of pyridine rings is 1. The van der Waals surface area contributed by atoms with Gasteiger partial charge in [0.05, 0.1) is 11.7 Å². The van der Waals surface area contributed by atoms with Gasteiger partial charge in [0, 0.05) is 5.39 Å². The highest BCUT2D eigenvalue weighted by molar-refractivity contribution is 5.86. The van der Waals surface area contributed by atoms with E-state index in [9.17, 15) is 9.18 Å². The third kappa shape index (κ3) is 1.07. The average Bonchev–Trinajstić information content (AvgIpc) is 2.72. The van der Waals surface area contributed by atoms with Crippen molar-refractivity contribution in [2.45, 2.75) is 0 Å². The first-order chi connectivity index (χ1) is 7.81. The molecule has 0 aliphatic rings. The zero-order valence-electron chi connectivity index (χ0n) is 8.22. The summed E-state index contributed by atoms with van der Waals surface area (Å²) in [5.41, 5.74) is 1.31. The van der Waals surface area contributed by atoms with Crippen molar-refractivity contribution in [1.29, 1.82) is 0 Å². The lowest BCUT2D eigenvalue weighted by Crippen LogP contribution is -1.95. The van der Waals surface area contributed by atoms with Crippen LogP contribution in [0.2, 0.25) is 0 Å². The molecule has 0 saturated heterocycles. The Morgan fingerprint density at radius 2 is 2.12 bits per heavy atom. The van der Waals surface area contributed by atoms with Crippen molar-refractivity contribution in [3.05, 3.63) is 48.0 Å². The van der Waals surface area contributed by atoms with E-state index in [1.54, 1.807) is 24.3 Å². The number of hydrogen-bond donors (Lipinski definition) is 0. The molecule has 1 aromatic carbocycles. The molecule has 0 aliphatic heterocycles. The lowest BCUT2D eigenvalue weighted by molar-refractivity contribution is 0.111. The van der Waals surface area contributed by atoms with Gasteiger partial charge in [0.25, 0.3) is 0 Å². The summed E-state index contributed by atoms with van der Waals surface area (Å²) in [5, 5.41) is 0.744. The summed E-state index contributed by atoms with van der Waals surface area (Å²) in [6.07, 6.45) is 2.11. The zero-order valence-corrected chi connectivity index (χ0v) is 8.22. The van der Waals surface area contributed by atoms with Gasteiger partial charge in [0.1, 0.15) is 17.2 Å². The van der Waals surface area contributed by atoms with Gasteiger partial charge in [-0.15, -0.1) is 0 Å². The predicted octanol–water partition coefficient (Wildman–Crippen LogP) is 2.44. The lowest BCUT2D eigenvalue weighted by Gasteiger charge is -2.03. The highest BCUT2D eigenvalue weighted by Gasteiger charge is 2.09. The van der Waals surface area contributed by atoms with Crippen molar-refractivity contribution in [2.75, 3.05) is 0 Å². The quantitative estimate of drug-likeness (QED) is 0.583. The maximum absolute atomic E-state index is 13.7. The molecule has 0 bridgehead atoms. The molecule has 2 aromatic heterocycles. The van der Waals surface area contributed by atoms with E-state index in [-0.39, 0.29) is 5.82 Å². The van der Waals surface area contributed by atoms with Gasteiger partial charge < -0.3 is 0 Å². The number of rotatable bonds is 1. The number of carbonyl (C=O) groups excluding carboxylic acids is 1. The molecule has 3 nitrogen and oxygen atoms in total. The smallest absolute Gasteiger partial charge is 0.168 e. The van der Waals surface area contributed by atoms with Crippen LogP contribution in [0.4, 0.5) is 4.39 Å². The number of halogens is 1. The molecular formula is C12H7FN2O. The largest absolute Gasteiger partial charge is 0.296 e. The number of imidazole rings is 1. The number of aromatic nitrogens is 2. The standard InChI is InChI=1S/C12H7FN2O/c13-10-3-1-2-8-4-5-11-14-6-9(7-16)15(11)12(8)10/h1-7H. The maximum Gasteiger partial charge on any atom is 0.168 e. The van der Waals surface area contributed by atoms with E-state index in [0.717, 1.165) is 5.39 Å². The van der Waals surface area contributed by atoms with Crippen LogP contribution >= 0.6 is 0 Å². The third-order valence-electron chi connectivity index (χ3n) is 2.59. The molecule has 4 heteroatoms. The zero-order chi connectivity index (χ0) is 11.1. The number of hydrogen-bond acceptors (Lipinski definition) is 2. The van der Waals surface area contributed by atoms with Gasteiger partial charge in [0.2, 0.25) is 0 Å². The van der Waals surface area contributed by atoms with Crippen molar-refractivity contribution in [3.63, 3.8) is 0 Å². The molecule has 0 fully saturated rings. The van der Waals surface area contributed by atoms with Gasteiger partial charge in [-0.2, -0.15) is 0 Å². The second-order valence-electron chi connectivity index (χ2n) is 3.51. The number of para-hydroxylation sites is 1. The van der Waals surface area contributed by atoms with E-state index >= 15 is 0 Å². The number of benzene rings is 1. The van der Waals surface area contributed by atoms with E-state index in [0.29, 0.717) is 23.1 Å². The maximum atomic E-state index is 13.7. The Kier molecular flexibility index (Phi) is 1.77. The normalized spacial score (nSPS) is 11.1. The van der Waals surface area contributed by atoms with Gasteiger partial charge in [0.15, 0.2) is 6.29 Å². The Morgan fingerprint density at radius 1 is 1.25 bits per heavy atom. The Bertz CT molecular complexity index is 703.